The number of aryl methyl sites for hydroxylation is 1. The zero-order valence-corrected chi connectivity index (χ0v) is 17.0. The first kappa shape index (κ1) is 18.7. The zero-order chi connectivity index (χ0) is 22.0. The van der Waals surface area contributed by atoms with Crippen LogP contribution in [0.3, 0.4) is 0 Å². The lowest BCUT2D eigenvalue weighted by molar-refractivity contribution is 0.363. The third kappa shape index (κ3) is 2.80. The van der Waals surface area contributed by atoms with E-state index in [-0.39, 0.29) is 23.8 Å². The molecule has 0 bridgehead atoms. The molecule has 1 saturated carbocycles. The van der Waals surface area contributed by atoms with Crippen LogP contribution in [-0.2, 0) is 13.6 Å². The number of fused-ring (bicyclic) bond motifs is 2. The second-order valence-corrected chi connectivity index (χ2v) is 8.29. The lowest BCUT2D eigenvalue weighted by atomic mass is 10.2. The molecule has 160 valence electrons. The number of imidazole rings is 1. The van der Waals surface area contributed by atoms with Gasteiger partial charge in [-0.3, -0.25) is 9.36 Å². The van der Waals surface area contributed by atoms with Crippen molar-refractivity contribution in [1.82, 2.24) is 29.2 Å². The number of hydrogen-bond donors (Lipinski definition) is 0. The molecule has 6 rings (SSSR count). The molecule has 1 aliphatic carbocycles. The molecule has 4 heterocycles. The van der Waals surface area contributed by atoms with Crippen molar-refractivity contribution in [3.05, 3.63) is 64.3 Å². The molecular formula is C21H17FN8O2. The van der Waals surface area contributed by atoms with E-state index in [1.54, 1.807) is 30.1 Å². The van der Waals surface area contributed by atoms with Gasteiger partial charge in [-0.15, -0.1) is 0 Å². The van der Waals surface area contributed by atoms with E-state index >= 15 is 0 Å². The maximum absolute atomic E-state index is 14.3. The molecule has 0 amide bonds. The first-order chi connectivity index (χ1) is 15.5. The molecular weight excluding hydrogens is 415 g/mol. The van der Waals surface area contributed by atoms with Gasteiger partial charge in [-0.2, -0.15) is 10.2 Å². The fourth-order valence-corrected chi connectivity index (χ4v) is 4.74. The third-order valence-corrected chi connectivity index (χ3v) is 6.40. The van der Waals surface area contributed by atoms with Gasteiger partial charge in [0.25, 0.3) is 5.56 Å². The van der Waals surface area contributed by atoms with E-state index in [0.29, 0.717) is 59.1 Å². The number of halogens is 1. The van der Waals surface area contributed by atoms with Gasteiger partial charge in [0, 0.05) is 26.1 Å². The molecule has 4 aromatic rings. The second kappa shape index (κ2) is 6.71. The monoisotopic (exact) mass is 432 g/mol. The van der Waals surface area contributed by atoms with E-state index in [1.807, 2.05) is 11.0 Å². The fraction of sp³-hybridized carbons (Fsp3) is 0.333. The summed E-state index contributed by atoms with van der Waals surface area (Å²) >= 11 is 0. The van der Waals surface area contributed by atoms with Crippen molar-refractivity contribution in [2.24, 2.45) is 18.9 Å². The maximum atomic E-state index is 14.3. The first-order valence-corrected chi connectivity index (χ1v) is 10.2. The van der Waals surface area contributed by atoms with Crippen LogP contribution in [0.2, 0.25) is 0 Å². The molecule has 1 aliphatic heterocycles. The van der Waals surface area contributed by atoms with Gasteiger partial charge >= 0.3 is 0 Å². The third-order valence-electron chi connectivity index (χ3n) is 6.40. The number of nitrogens with zero attached hydrogens (tertiary/aromatic N) is 8. The van der Waals surface area contributed by atoms with Crippen molar-refractivity contribution in [2.45, 2.75) is 12.5 Å². The van der Waals surface area contributed by atoms with Crippen LogP contribution in [-0.4, -0.2) is 42.3 Å². The lowest BCUT2D eigenvalue weighted by Crippen LogP contribution is -2.24. The van der Waals surface area contributed by atoms with E-state index in [2.05, 4.69) is 20.1 Å². The molecule has 2 aliphatic rings. The highest BCUT2D eigenvalue weighted by molar-refractivity contribution is 5.68. The molecule has 2 fully saturated rings. The van der Waals surface area contributed by atoms with Crippen molar-refractivity contribution < 1.29 is 8.91 Å². The van der Waals surface area contributed by atoms with Crippen LogP contribution in [0.15, 0.2) is 40.2 Å². The highest BCUT2D eigenvalue weighted by Crippen LogP contribution is 2.58. The Hall–Kier alpha value is -4.07. The summed E-state index contributed by atoms with van der Waals surface area (Å²) in [5.74, 6) is 1.40. The van der Waals surface area contributed by atoms with Gasteiger partial charge in [-0.05, 0) is 30.0 Å². The average Bonchev–Trinajstić information content (AvgIpc) is 3.20. The fourth-order valence-electron chi connectivity index (χ4n) is 4.74. The van der Waals surface area contributed by atoms with Crippen molar-refractivity contribution in [3.8, 4) is 6.07 Å². The van der Waals surface area contributed by atoms with Crippen LogP contribution in [0.4, 0.5) is 10.1 Å². The average molecular weight is 432 g/mol. The standard InChI is InChI=1S/C21H17FN8O2/c1-28-9-24-20-18(28)21(31)30(10-25-20)8-16-26-19(27-32-16)17-12-6-29(7-13(12)17)15-3-2-11(5-23)4-14(15)22/h2-4,9-10,12-13,17H,6-8H2,1H3. The quantitative estimate of drug-likeness (QED) is 0.475. The number of benzene rings is 1. The van der Waals surface area contributed by atoms with Crippen molar-refractivity contribution in [2.75, 3.05) is 18.0 Å². The van der Waals surface area contributed by atoms with Gasteiger partial charge in [0.15, 0.2) is 17.0 Å². The maximum Gasteiger partial charge on any atom is 0.280 e. The Morgan fingerprint density at radius 1 is 1.25 bits per heavy atom. The minimum absolute atomic E-state index is 0.130. The van der Waals surface area contributed by atoms with Gasteiger partial charge in [0.2, 0.25) is 5.89 Å². The van der Waals surface area contributed by atoms with Crippen LogP contribution in [0.5, 0.6) is 0 Å². The minimum Gasteiger partial charge on any atom is -0.369 e. The second-order valence-electron chi connectivity index (χ2n) is 8.29. The molecule has 1 saturated heterocycles. The molecule has 0 spiro atoms. The van der Waals surface area contributed by atoms with Gasteiger partial charge in [0.1, 0.15) is 18.7 Å². The highest BCUT2D eigenvalue weighted by atomic mass is 19.1. The Bertz CT molecular complexity index is 1450. The molecule has 3 aromatic heterocycles. The first-order valence-electron chi connectivity index (χ1n) is 10.2. The predicted octanol–water partition coefficient (Wildman–Crippen LogP) is 1.42. The summed E-state index contributed by atoms with van der Waals surface area (Å²) in [6, 6.07) is 6.50. The van der Waals surface area contributed by atoms with Crippen LogP contribution in [0, 0.1) is 29.0 Å². The Morgan fingerprint density at radius 3 is 2.78 bits per heavy atom. The Kier molecular flexibility index (Phi) is 3.92. The molecule has 11 heteroatoms. The molecule has 10 nitrogen and oxygen atoms in total. The van der Waals surface area contributed by atoms with E-state index in [0.717, 1.165) is 0 Å². The molecule has 0 N–H and O–H groups in total. The molecule has 32 heavy (non-hydrogen) atoms. The SMILES string of the molecule is Cn1cnc2ncn(Cc3nc(C4C5CN(c6ccc(C#N)cc6F)CC54)no3)c(=O)c21. The molecule has 2 atom stereocenters. The summed E-state index contributed by atoms with van der Waals surface area (Å²) in [7, 11) is 1.74. The molecule has 2 unspecified atom stereocenters. The van der Waals surface area contributed by atoms with E-state index < -0.39 is 0 Å². The zero-order valence-electron chi connectivity index (χ0n) is 17.0. The normalized spacial score (nSPS) is 21.7. The Labute approximate surface area is 180 Å². The van der Waals surface area contributed by atoms with Crippen LogP contribution < -0.4 is 10.5 Å². The summed E-state index contributed by atoms with van der Waals surface area (Å²) in [5, 5.41) is 13.0. The molecule has 0 radical (unpaired) electrons. The highest BCUT2D eigenvalue weighted by Gasteiger charge is 2.58. The molecule has 1 aromatic carbocycles. The summed E-state index contributed by atoms with van der Waals surface area (Å²) in [4.78, 5) is 27.5. The van der Waals surface area contributed by atoms with Crippen LogP contribution in [0.1, 0.15) is 23.2 Å². The number of piperidine rings is 1. The van der Waals surface area contributed by atoms with Crippen molar-refractivity contribution in [3.63, 3.8) is 0 Å². The number of nitriles is 1. The van der Waals surface area contributed by atoms with E-state index in [9.17, 15) is 9.18 Å². The number of aromatic nitrogens is 6. The van der Waals surface area contributed by atoms with Gasteiger partial charge < -0.3 is 14.0 Å². The van der Waals surface area contributed by atoms with Gasteiger partial charge in [0.05, 0.1) is 23.6 Å². The summed E-state index contributed by atoms with van der Waals surface area (Å²) in [6.45, 7) is 1.52. The topological polar surface area (TPSA) is 119 Å². The van der Waals surface area contributed by atoms with Crippen molar-refractivity contribution >= 4 is 16.9 Å². The number of anilines is 1. The van der Waals surface area contributed by atoms with E-state index in [4.69, 9.17) is 9.78 Å². The summed E-state index contributed by atoms with van der Waals surface area (Å²) in [6.07, 6.45) is 2.98. The number of hydrogen-bond acceptors (Lipinski definition) is 8. The smallest absolute Gasteiger partial charge is 0.280 e. The van der Waals surface area contributed by atoms with Gasteiger partial charge in [-0.25, -0.2) is 14.4 Å². The van der Waals surface area contributed by atoms with Gasteiger partial charge in [-0.1, -0.05) is 5.16 Å². The Balaban J connectivity index is 1.16. The van der Waals surface area contributed by atoms with Crippen LogP contribution >= 0.6 is 0 Å². The Morgan fingerprint density at radius 2 is 2.03 bits per heavy atom. The van der Waals surface area contributed by atoms with E-state index in [1.165, 1.54) is 17.0 Å². The largest absolute Gasteiger partial charge is 0.369 e. The summed E-state index contributed by atoms with van der Waals surface area (Å²) in [5.41, 5.74) is 1.41. The number of rotatable bonds is 4. The lowest BCUT2D eigenvalue weighted by Gasteiger charge is -2.22. The van der Waals surface area contributed by atoms with Crippen LogP contribution in [0.25, 0.3) is 11.2 Å². The predicted molar refractivity (Wildman–Crippen MR) is 109 cm³/mol. The summed E-state index contributed by atoms with van der Waals surface area (Å²) < 4.78 is 22.8. The minimum atomic E-state index is -0.381. The van der Waals surface area contributed by atoms with Crippen molar-refractivity contribution in [1.29, 1.82) is 5.26 Å².